The first-order chi connectivity index (χ1) is 13.9. The van der Waals surface area contributed by atoms with E-state index in [1.54, 1.807) is 42.4 Å². The van der Waals surface area contributed by atoms with Gasteiger partial charge in [-0.25, -0.2) is 4.98 Å². The molecular formula is C23H22N2O3S. The van der Waals surface area contributed by atoms with Crippen molar-refractivity contribution in [3.63, 3.8) is 0 Å². The van der Waals surface area contributed by atoms with Gasteiger partial charge in [0.1, 0.15) is 5.75 Å². The average molecular weight is 407 g/mol. The molecule has 1 aromatic heterocycles. The van der Waals surface area contributed by atoms with Gasteiger partial charge >= 0.3 is 0 Å². The number of allylic oxidation sites excluding steroid dienone is 1. The SMILES string of the molecule is COc1cccc(C(=O)C=Cc2csc(N(C(C)=O)c3c(C)cccc3C)n2)c1. The van der Waals surface area contributed by atoms with E-state index in [1.165, 1.54) is 24.3 Å². The molecule has 6 heteroatoms. The molecular weight excluding hydrogens is 384 g/mol. The number of thiazole rings is 1. The molecule has 0 unspecified atom stereocenters. The molecule has 29 heavy (non-hydrogen) atoms. The number of methoxy groups -OCH3 is 1. The Morgan fingerprint density at radius 3 is 2.45 bits per heavy atom. The fourth-order valence-corrected chi connectivity index (χ4v) is 3.88. The molecule has 0 aliphatic heterocycles. The molecule has 0 fully saturated rings. The number of aryl methyl sites for hydroxylation is 2. The van der Waals surface area contributed by atoms with Crippen molar-refractivity contribution < 1.29 is 14.3 Å². The van der Waals surface area contributed by atoms with Crippen LogP contribution in [0.2, 0.25) is 0 Å². The summed E-state index contributed by atoms with van der Waals surface area (Å²) in [4.78, 5) is 31.0. The highest BCUT2D eigenvalue weighted by atomic mass is 32.1. The fraction of sp³-hybridized carbons (Fsp3) is 0.174. The van der Waals surface area contributed by atoms with E-state index in [0.717, 1.165) is 16.8 Å². The second-order valence-electron chi connectivity index (χ2n) is 6.58. The maximum absolute atomic E-state index is 12.4. The Hall–Kier alpha value is -3.25. The first-order valence-electron chi connectivity index (χ1n) is 9.09. The maximum atomic E-state index is 12.4. The van der Waals surface area contributed by atoms with Crippen LogP contribution in [-0.2, 0) is 4.79 Å². The first-order valence-corrected chi connectivity index (χ1v) is 9.97. The molecule has 0 saturated heterocycles. The van der Waals surface area contributed by atoms with E-state index in [4.69, 9.17) is 4.74 Å². The number of amides is 1. The van der Waals surface area contributed by atoms with Gasteiger partial charge in [0, 0.05) is 17.9 Å². The number of para-hydroxylation sites is 1. The number of hydrogen-bond acceptors (Lipinski definition) is 5. The van der Waals surface area contributed by atoms with Crippen LogP contribution in [0.1, 0.15) is 34.1 Å². The third kappa shape index (κ3) is 4.60. The van der Waals surface area contributed by atoms with Gasteiger partial charge in [-0.05, 0) is 49.3 Å². The third-order valence-corrected chi connectivity index (χ3v) is 5.28. The number of benzene rings is 2. The number of nitrogens with zero attached hydrogens (tertiary/aromatic N) is 2. The first kappa shape index (κ1) is 20.5. The lowest BCUT2D eigenvalue weighted by Crippen LogP contribution is -2.24. The number of carbonyl (C=O) groups is 2. The molecule has 0 N–H and O–H groups in total. The maximum Gasteiger partial charge on any atom is 0.230 e. The van der Waals surface area contributed by atoms with Crippen molar-refractivity contribution in [3.8, 4) is 5.75 Å². The zero-order valence-corrected chi connectivity index (χ0v) is 17.6. The van der Waals surface area contributed by atoms with Gasteiger partial charge in [0.05, 0.1) is 18.5 Å². The third-order valence-electron chi connectivity index (χ3n) is 4.44. The number of ether oxygens (including phenoxy) is 1. The van der Waals surface area contributed by atoms with Crippen LogP contribution in [-0.4, -0.2) is 23.8 Å². The molecule has 0 aliphatic carbocycles. The number of ketones is 1. The second kappa shape index (κ2) is 8.84. The van der Waals surface area contributed by atoms with E-state index in [9.17, 15) is 9.59 Å². The predicted octanol–water partition coefficient (Wildman–Crippen LogP) is 5.35. The predicted molar refractivity (Wildman–Crippen MR) is 117 cm³/mol. The lowest BCUT2D eigenvalue weighted by Gasteiger charge is -2.22. The summed E-state index contributed by atoms with van der Waals surface area (Å²) in [6.07, 6.45) is 3.13. The molecule has 3 rings (SSSR count). The van der Waals surface area contributed by atoms with E-state index in [1.807, 2.05) is 37.4 Å². The lowest BCUT2D eigenvalue weighted by molar-refractivity contribution is -0.115. The van der Waals surface area contributed by atoms with Gasteiger partial charge in [-0.1, -0.05) is 30.3 Å². The number of carbonyl (C=O) groups excluding carboxylic acids is 2. The fourth-order valence-electron chi connectivity index (χ4n) is 3.04. The van der Waals surface area contributed by atoms with Crippen LogP contribution in [0.5, 0.6) is 5.75 Å². The quantitative estimate of drug-likeness (QED) is 0.409. The smallest absolute Gasteiger partial charge is 0.230 e. The molecule has 0 spiro atoms. The minimum absolute atomic E-state index is 0.111. The molecule has 3 aromatic rings. The van der Waals surface area contributed by atoms with Crippen LogP contribution in [0.25, 0.3) is 6.08 Å². The van der Waals surface area contributed by atoms with Crippen LogP contribution in [0.4, 0.5) is 10.8 Å². The van der Waals surface area contributed by atoms with Gasteiger partial charge in [0.2, 0.25) is 5.91 Å². The zero-order chi connectivity index (χ0) is 21.0. The van der Waals surface area contributed by atoms with Crippen LogP contribution in [0, 0.1) is 13.8 Å². The van der Waals surface area contributed by atoms with Crippen LogP contribution < -0.4 is 9.64 Å². The van der Waals surface area contributed by atoms with Crippen molar-refractivity contribution in [3.05, 3.63) is 76.3 Å². The lowest BCUT2D eigenvalue weighted by atomic mass is 10.1. The highest BCUT2D eigenvalue weighted by Crippen LogP contribution is 2.33. The van der Waals surface area contributed by atoms with Gasteiger partial charge in [0.15, 0.2) is 10.9 Å². The Morgan fingerprint density at radius 1 is 1.10 bits per heavy atom. The Labute approximate surface area is 174 Å². The highest BCUT2D eigenvalue weighted by Gasteiger charge is 2.21. The summed E-state index contributed by atoms with van der Waals surface area (Å²) in [6, 6.07) is 12.9. The molecule has 0 bridgehead atoms. The normalized spacial score (nSPS) is 10.9. The minimum Gasteiger partial charge on any atom is -0.497 e. The number of anilines is 2. The van der Waals surface area contributed by atoms with E-state index in [-0.39, 0.29) is 11.7 Å². The molecule has 0 saturated carbocycles. The van der Waals surface area contributed by atoms with Crippen molar-refractivity contribution in [2.75, 3.05) is 12.0 Å². The van der Waals surface area contributed by atoms with E-state index >= 15 is 0 Å². The van der Waals surface area contributed by atoms with E-state index < -0.39 is 0 Å². The van der Waals surface area contributed by atoms with Crippen molar-refractivity contribution in [2.24, 2.45) is 0 Å². The topological polar surface area (TPSA) is 59.5 Å². The summed E-state index contributed by atoms with van der Waals surface area (Å²) in [5.41, 5.74) is 4.01. The molecule has 1 amide bonds. The summed E-state index contributed by atoms with van der Waals surface area (Å²) >= 11 is 1.36. The highest BCUT2D eigenvalue weighted by molar-refractivity contribution is 7.14. The summed E-state index contributed by atoms with van der Waals surface area (Å²) in [7, 11) is 1.56. The molecule has 148 valence electrons. The summed E-state index contributed by atoms with van der Waals surface area (Å²) in [5.74, 6) is 0.377. The van der Waals surface area contributed by atoms with Crippen LogP contribution >= 0.6 is 11.3 Å². The molecule has 0 atom stereocenters. The summed E-state index contributed by atoms with van der Waals surface area (Å²) in [5, 5.41) is 2.40. The number of rotatable bonds is 6. The monoisotopic (exact) mass is 406 g/mol. The molecule has 1 heterocycles. The molecule has 0 aliphatic rings. The molecule has 2 aromatic carbocycles. The largest absolute Gasteiger partial charge is 0.497 e. The summed E-state index contributed by atoms with van der Waals surface area (Å²) in [6.45, 7) is 5.47. The van der Waals surface area contributed by atoms with Gasteiger partial charge in [-0.2, -0.15) is 0 Å². The van der Waals surface area contributed by atoms with Gasteiger partial charge in [-0.15, -0.1) is 11.3 Å². The van der Waals surface area contributed by atoms with Crippen molar-refractivity contribution in [2.45, 2.75) is 20.8 Å². The van der Waals surface area contributed by atoms with E-state index in [2.05, 4.69) is 4.98 Å². The van der Waals surface area contributed by atoms with E-state index in [0.29, 0.717) is 22.1 Å². The minimum atomic E-state index is -0.142. The van der Waals surface area contributed by atoms with Crippen LogP contribution in [0.3, 0.4) is 0 Å². The molecule has 0 radical (unpaired) electrons. The van der Waals surface area contributed by atoms with Gasteiger partial charge in [-0.3, -0.25) is 14.5 Å². The Bertz CT molecular complexity index is 1060. The molecule has 5 nitrogen and oxygen atoms in total. The Morgan fingerprint density at radius 2 is 1.79 bits per heavy atom. The Balaban J connectivity index is 1.86. The standard InChI is InChI=1S/C23H22N2O3S/c1-15-7-5-8-16(2)22(15)25(17(3)26)23-24-19(14-29-23)11-12-21(27)18-9-6-10-20(13-18)28-4/h5-14H,1-4H3. The van der Waals surface area contributed by atoms with Crippen molar-refractivity contribution in [1.29, 1.82) is 0 Å². The van der Waals surface area contributed by atoms with Crippen molar-refractivity contribution >= 4 is 39.9 Å². The zero-order valence-electron chi connectivity index (χ0n) is 16.8. The summed E-state index contributed by atoms with van der Waals surface area (Å²) < 4.78 is 5.16. The Kier molecular flexibility index (Phi) is 6.24. The second-order valence-corrected chi connectivity index (χ2v) is 7.42. The van der Waals surface area contributed by atoms with Gasteiger partial charge < -0.3 is 4.74 Å². The van der Waals surface area contributed by atoms with Crippen LogP contribution in [0.15, 0.2) is 53.9 Å². The number of aromatic nitrogens is 1. The van der Waals surface area contributed by atoms with Crippen molar-refractivity contribution in [1.82, 2.24) is 4.98 Å². The van der Waals surface area contributed by atoms with Gasteiger partial charge in [0.25, 0.3) is 0 Å². The average Bonchev–Trinajstić information content (AvgIpc) is 3.17. The number of hydrogen-bond donors (Lipinski definition) is 0.